The first kappa shape index (κ1) is 27.5. The third kappa shape index (κ3) is 5.24. The molecule has 41 heavy (non-hydrogen) atoms. The van der Waals surface area contributed by atoms with Crippen LogP contribution in [0.25, 0.3) is 0 Å². The molecular weight excluding hydrogens is 522 g/mol. The number of fused-ring (bicyclic) bond motifs is 2. The lowest BCUT2D eigenvalue weighted by molar-refractivity contribution is -0.150. The van der Waals surface area contributed by atoms with Crippen molar-refractivity contribution in [2.24, 2.45) is 23.2 Å². The Morgan fingerprint density at radius 1 is 1.02 bits per heavy atom. The van der Waals surface area contributed by atoms with Gasteiger partial charge in [-0.1, -0.05) is 6.92 Å². The molecule has 2 saturated carbocycles. The largest absolute Gasteiger partial charge is 0.481 e. The zero-order chi connectivity index (χ0) is 28.3. The molecule has 2 saturated heterocycles. The molecule has 0 radical (unpaired) electrons. The van der Waals surface area contributed by atoms with Gasteiger partial charge in [0.25, 0.3) is 0 Å². The Morgan fingerprint density at radius 3 is 2.44 bits per heavy atom. The standard InChI is InChI=1S/C33H44F2N4O2/c1-2-29-31(30-5-3-4-8-39(30)36-29)21-6-9-37(10-7-21)17-25-18-38(19-28(25)22-12-26(34)14-27(35)13-22)20-33(32(40)41)15-23-11-24(23)16-33/h12-14,21,23-25,28H,2-11,15-20H2,1H3,(H,40,41). The summed E-state index contributed by atoms with van der Waals surface area (Å²) in [6.07, 6.45) is 9.58. The van der Waals surface area contributed by atoms with Crippen molar-refractivity contribution in [3.05, 3.63) is 52.3 Å². The van der Waals surface area contributed by atoms with Gasteiger partial charge < -0.3 is 14.9 Å². The third-order valence-corrected chi connectivity index (χ3v) is 11.2. The maximum absolute atomic E-state index is 14.3. The van der Waals surface area contributed by atoms with Gasteiger partial charge in [0.2, 0.25) is 0 Å². The van der Waals surface area contributed by atoms with Crippen molar-refractivity contribution in [1.82, 2.24) is 19.6 Å². The second-order valence-corrected chi connectivity index (χ2v) is 13.9. The van der Waals surface area contributed by atoms with E-state index in [1.165, 1.54) is 48.3 Å². The Hall–Kier alpha value is -2.32. The number of carbonyl (C=O) groups is 1. The van der Waals surface area contributed by atoms with E-state index in [1.54, 1.807) is 0 Å². The lowest BCUT2D eigenvalue weighted by Crippen LogP contribution is -2.42. The fraction of sp³-hybridized carbons (Fsp3) is 0.697. The minimum Gasteiger partial charge on any atom is -0.481 e. The van der Waals surface area contributed by atoms with Crippen LogP contribution in [0.4, 0.5) is 8.78 Å². The van der Waals surface area contributed by atoms with E-state index in [0.717, 1.165) is 77.3 Å². The highest BCUT2D eigenvalue weighted by atomic mass is 19.1. The summed E-state index contributed by atoms with van der Waals surface area (Å²) in [6.45, 7) is 8.17. The number of halogens is 2. The van der Waals surface area contributed by atoms with E-state index in [0.29, 0.717) is 36.4 Å². The second-order valence-electron chi connectivity index (χ2n) is 13.9. The van der Waals surface area contributed by atoms with Gasteiger partial charge in [0, 0.05) is 50.4 Å². The number of carboxylic acid groups (broad SMARTS) is 1. The maximum atomic E-state index is 14.3. The van der Waals surface area contributed by atoms with E-state index in [-0.39, 0.29) is 11.8 Å². The van der Waals surface area contributed by atoms with E-state index in [9.17, 15) is 18.7 Å². The summed E-state index contributed by atoms with van der Waals surface area (Å²) < 4.78 is 30.9. The highest BCUT2D eigenvalue weighted by Gasteiger charge is 2.58. The molecule has 4 atom stereocenters. The molecule has 8 heteroatoms. The summed E-state index contributed by atoms with van der Waals surface area (Å²) in [5, 5.41) is 15.2. The van der Waals surface area contributed by atoms with Crippen molar-refractivity contribution in [2.45, 2.75) is 83.1 Å². The summed E-state index contributed by atoms with van der Waals surface area (Å²) in [5.74, 6) is 0.179. The SMILES string of the molecule is CCc1nn2c(c1C1CCN(CC3CN(CC4(C(=O)O)CC5CC5C4)CC3c3cc(F)cc(F)c3)CC1)CCCC2. The fourth-order valence-electron chi connectivity index (χ4n) is 9.17. The molecule has 2 aromatic rings. The average Bonchev–Trinajstić information content (AvgIpc) is 3.26. The summed E-state index contributed by atoms with van der Waals surface area (Å²) >= 11 is 0. The summed E-state index contributed by atoms with van der Waals surface area (Å²) in [6, 6.07) is 3.92. The van der Waals surface area contributed by atoms with Crippen LogP contribution in [-0.4, -0.2) is 69.9 Å². The van der Waals surface area contributed by atoms with Crippen molar-refractivity contribution >= 4 is 5.97 Å². The molecule has 0 spiro atoms. The van der Waals surface area contributed by atoms with Crippen LogP contribution in [0.1, 0.15) is 86.2 Å². The number of likely N-dealkylation sites (tertiary alicyclic amines) is 2. The highest BCUT2D eigenvalue weighted by Crippen LogP contribution is 2.60. The van der Waals surface area contributed by atoms with Crippen molar-refractivity contribution in [2.75, 3.05) is 39.3 Å². The number of benzene rings is 1. The fourth-order valence-corrected chi connectivity index (χ4v) is 9.17. The zero-order valence-corrected chi connectivity index (χ0v) is 24.3. The first-order valence-corrected chi connectivity index (χ1v) is 16.0. The highest BCUT2D eigenvalue weighted by molar-refractivity contribution is 5.76. The molecule has 222 valence electrons. The summed E-state index contributed by atoms with van der Waals surface area (Å²) in [7, 11) is 0. The average molecular weight is 567 g/mol. The number of aryl methyl sites for hydroxylation is 2. The molecule has 7 rings (SSSR count). The molecule has 1 aromatic carbocycles. The number of piperidine rings is 1. The monoisotopic (exact) mass is 566 g/mol. The Labute approximate surface area is 242 Å². The van der Waals surface area contributed by atoms with Crippen LogP contribution in [0.5, 0.6) is 0 Å². The van der Waals surface area contributed by atoms with Crippen LogP contribution in [0.2, 0.25) is 0 Å². The van der Waals surface area contributed by atoms with E-state index in [1.807, 2.05) is 0 Å². The molecule has 2 aliphatic carbocycles. The Balaban J connectivity index is 1.06. The van der Waals surface area contributed by atoms with Crippen molar-refractivity contribution < 1.29 is 18.7 Å². The van der Waals surface area contributed by atoms with E-state index in [2.05, 4.69) is 21.4 Å². The predicted molar refractivity (Wildman–Crippen MR) is 153 cm³/mol. The smallest absolute Gasteiger partial charge is 0.310 e. The molecule has 4 fully saturated rings. The van der Waals surface area contributed by atoms with Crippen LogP contribution in [-0.2, 0) is 24.2 Å². The maximum Gasteiger partial charge on any atom is 0.310 e. The number of nitrogens with zero attached hydrogens (tertiary/aromatic N) is 4. The topological polar surface area (TPSA) is 61.6 Å². The molecule has 1 N–H and O–H groups in total. The minimum atomic E-state index is -0.669. The molecule has 6 nitrogen and oxygen atoms in total. The molecule has 0 bridgehead atoms. The van der Waals surface area contributed by atoms with Crippen LogP contribution < -0.4 is 0 Å². The molecule has 5 aliphatic rings. The first-order valence-electron chi connectivity index (χ1n) is 16.0. The van der Waals surface area contributed by atoms with Gasteiger partial charge in [-0.05, 0) is 118 Å². The third-order valence-electron chi connectivity index (χ3n) is 11.2. The lowest BCUT2D eigenvalue weighted by Gasteiger charge is -2.35. The van der Waals surface area contributed by atoms with Crippen LogP contribution in [0.3, 0.4) is 0 Å². The Morgan fingerprint density at radius 2 is 1.76 bits per heavy atom. The number of hydrogen-bond donors (Lipinski definition) is 1. The molecule has 4 heterocycles. The van der Waals surface area contributed by atoms with Gasteiger partial charge in [0.15, 0.2) is 0 Å². The Bertz CT molecular complexity index is 1270. The van der Waals surface area contributed by atoms with Crippen molar-refractivity contribution in [3.8, 4) is 0 Å². The van der Waals surface area contributed by atoms with Crippen LogP contribution >= 0.6 is 0 Å². The Kier molecular flexibility index (Phi) is 7.21. The zero-order valence-electron chi connectivity index (χ0n) is 24.3. The number of aromatic nitrogens is 2. The van der Waals surface area contributed by atoms with Crippen molar-refractivity contribution in [1.29, 1.82) is 0 Å². The number of aliphatic carboxylic acids is 1. The number of hydrogen-bond acceptors (Lipinski definition) is 4. The first-order chi connectivity index (χ1) is 19.8. The van der Waals surface area contributed by atoms with Gasteiger partial charge in [-0.15, -0.1) is 0 Å². The van der Waals surface area contributed by atoms with Gasteiger partial charge in [0.05, 0.1) is 11.1 Å². The summed E-state index contributed by atoms with van der Waals surface area (Å²) in [4.78, 5) is 17.3. The number of rotatable bonds is 8. The van der Waals surface area contributed by atoms with Crippen LogP contribution in [0.15, 0.2) is 18.2 Å². The van der Waals surface area contributed by atoms with Gasteiger partial charge in [-0.25, -0.2) is 8.78 Å². The van der Waals surface area contributed by atoms with Gasteiger partial charge in [0.1, 0.15) is 11.6 Å². The van der Waals surface area contributed by atoms with E-state index >= 15 is 0 Å². The second kappa shape index (κ2) is 10.7. The molecular formula is C33H44F2N4O2. The minimum absolute atomic E-state index is 0.00547. The van der Waals surface area contributed by atoms with E-state index < -0.39 is 23.0 Å². The van der Waals surface area contributed by atoms with Gasteiger partial charge in [-0.3, -0.25) is 9.48 Å². The molecule has 1 aromatic heterocycles. The van der Waals surface area contributed by atoms with Gasteiger partial charge in [-0.2, -0.15) is 5.10 Å². The molecule has 3 aliphatic heterocycles. The quantitative estimate of drug-likeness (QED) is 0.460. The summed E-state index contributed by atoms with van der Waals surface area (Å²) in [5.41, 5.74) is 4.34. The van der Waals surface area contributed by atoms with Crippen molar-refractivity contribution in [3.63, 3.8) is 0 Å². The lowest BCUT2D eigenvalue weighted by atomic mass is 9.82. The van der Waals surface area contributed by atoms with Gasteiger partial charge >= 0.3 is 5.97 Å². The molecule has 0 amide bonds. The molecule has 4 unspecified atom stereocenters. The van der Waals surface area contributed by atoms with Crippen LogP contribution in [0, 0.1) is 34.8 Å². The normalized spacial score (nSPS) is 32.3. The van der Waals surface area contributed by atoms with E-state index in [4.69, 9.17) is 5.10 Å². The number of carboxylic acids is 1. The predicted octanol–water partition coefficient (Wildman–Crippen LogP) is 5.46.